The number of rotatable bonds is 8. The maximum Gasteiger partial charge on any atom is 0.322 e. The second-order valence-corrected chi connectivity index (χ2v) is 9.84. The molecule has 1 saturated heterocycles. The minimum Gasteiger partial charge on any atom is -0.497 e. The summed E-state index contributed by atoms with van der Waals surface area (Å²) in [4.78, 5) is 30.3. The van der Waals surface area contributed by atoms with Crippen LogP contribution in [0.2, 0.25) is 0 Å². The van der Waals surface area contributed by atoms with E-state index >= 15 is 0 Å². The molecule has 3 aromatic rings. The molecule has 0 aliphatic carbocycles. The Labute approximate surface area is 201 Å². The van der Waals surface area contributed by atoms with E-state index in [1.807, 2.05) is 6.07 Å². The lowest BCUT2D eigenvalue weighted by Crippen LogP contribution is -2.48. The van der Waals surface area contributed by atoms with E-state index in [1.54, 1.807) is 36.4 Å². The van der Waals surface area contributed by atoms with Gasteiger partial charge in [-0.05, 0) is 59.2 Å². The van der Waals surface area contributed by atoms with Crippen LogP contribution < -0.4 is 9.46 Å². The number of nitrogens with one attached hydrogen (secondary N) is 1. The first kappa shape index (κ1) is 24.1. The van der Waals surface area contributed by atoms with Gasteiger partial charge in [-0.2, -0.15) is 9.98 Å². The van der Waals surface area contributed by atoms with Crippen LogP contribution in [0.25, 0.3) is 10.8 Å². The molecule has 1 aliphatic heterocycles. The number of aliphatic carboxylic acids is 1. The van der Waals surface area contributed by atoms with Gasteiger partial charge in [-0.1, -0.05) is 12.1 Å². The minimum absolute atomic E-state index is 0.118. The van der Waals surface area contributed by atoms with Crippen molar-refractivity contribution in [3.8, 4) is 11.8 Å². The van der Waals surface area contributed by atoms with E-state index < -0.39 is 33.9 Å². The van der Waals surface area contributed by atoms with Gasteiger partial charge in [0.25, 0.3) is 0 Å². The van der Waals surface area contributed by atoms with Crippen molar-refractivity contribution in [3.05, 3.63) is 66.0 Å². The predicted octanol–water partition coefficient (Wildman–Crippen LogP) is 1.90. The average Bonchev–Trinajstić information content (AvgIpc) is 3.21. The monoisotopic (exact) mass is 494 g/mol. The maximum absolute atomic E-state index is 13.1. The van der Waals surface area contributed by atoms with Crippen molar-refractivity contribution in [1.29, 1.82) is 5.26 Å². The number of aromatic nitrogens is 1. The van der Waals surface area contributed by atoms with Gasteiger partial charge in [0.15, 0.2) is 0 Å². The Bertz CT molecular complexity index is 1450. The van der Waals surface area contributed by atoms with Gasteiger partial charge in [-0.3, -0.25) is 9.59 Å². The first-order chi connectivity index (χ1) is 16.7. The summed E-state index contributed by atoms with van der Waals surface area (Å²) in [6.07, 6.45) is 1.63. The third-order valence-electron chi connectivity index (χ3n) is 5.93. The molecule has 1 aromatic heterocycles. The highest BCUT2D eigenvalue weighted by atomic mass is 32.2. The molecule has 2 aromatic carbocycles. The Kier molecular flexibility index (Phi) is 6.68. The number of nitrogens with zero attached hydrogens (tertiary/aromatic N) is 3. The Morgan fingerprint density at radius 3 is 2.74 bits per heavy atom. The molecule has 1 fully saturated rings. The first-order valence-corrected chi connectivity index (χ1v) is 12.2. The fourth-order valence-electron chi connectivity index (χ4n) is 4.12. The summed E-state index contributed by atoms with van der Waals surface area (Å²) in [5.74, 6) is -2.43. The van der Waals surface area contributed by atoms with Gasteiger partial charge in [0.1, 0.15) is 23.6 Å². The molecule has 2 atom stereocenters. The second-order valence-electron chi connectivity index (χ2n) is 8.13. The number of pyridine rings is 1. The van der Waals surface area contributed by atoms with Crippen molar-refractivity contribution in [2.24, 2.45) is 5.92 Å². The molecule has 1 amide bonds. The van der Waals surface area contributed by atoms with Crippen molar-refractivity contribution in [2.45, 2.75) is 23.9 Å². The van der Waals surface area contributed by atoms with Gasteiger partial charge in [-0.25, -0.2) is 13.4 Å². The molecule has 1 aliphatic rings. The SMILES string of the molecule is COc1ccc2ccc(S(=O)(=O)NC(C(=O)O)[C@@H]3CCN(Cc4ccnc(C#N)c4)C3=O)cc2c1. The van der Waals surface area contributed by atoms with Crippen molar-refractivity contribution in [2.75, 3.05) is 13.7 Å². The number of likely N-dealkylation sites (tertiary alicyclic amines) is 1. The topological polar surface area (TPSA) is 150 Å². The highest BCUT2D eigenvalue weighted by molar-refractivity contribution is 7.89. The lowest BCUT2D eigenvalue weighted by Gasteiger charge is -2.21. The van der Waals surface area contributed by atoms with E-state index in [1.165, 1.54) is 30.3 Å². The Hall–Kier alpha value is -4.01. The van der Waals surface area contributed by atoms with Gasteiger partial charge in [0, 0.05) is 19.3 Å². The zero-order chi connectivity index (χ0) is 25.2. The standard InChI is InChI=1S/C24H22N4O6S/c1-34-19-4-2-16-3-5-20(12-17(16)11-19)35(32,33)27-22(24(30)31)21-7-9-28(23(21)29)14-15-6-8-26-18(10-15)13-25/h2-6,8,10-12,21-22,27H,7,9,14H2,1H3,(H,30,31)/t21-,22?/m0/s1. The molecule has 11 heteroatoms. The van der Waals surface area contributed by atoms with Crippen LogP contribution in [-0.4, -0.2) is 55.0 Å². The smallest absolute Gasteiger partial charge is 0.322 e. The van der Waals surface area contributed by atoms with Crippen LogP contribution in [0, 0.1) is 17.2 Å². The summed E-state index contributed by atoms with van der Waals surface area (Å²) in [6.45, 7) is 0.424. The Morgan fingerprint density at radius 1 is 1.26 bits per heavy atom. The van der Waals surface area contributed by atoms with Gasteiger partial charge in [0.05, 0.1) is 17.9 Å². The van der Waals surface area contributed by atoms with E-state index in [0.29, 0.717) is 16.7 Å². The van der Waals surface area contributed by atoms with Gasteiger partial charge in [-0.15, -0.1) is 0 Å². The fourth-order valence-corrected chi connectivity index (χ4v) is 5.39. The summed E-state index contributed by atoms with van der Waals surface area (Å²) in [5, 5.41) is 20.2. The summed E-state index contributed by atoms with van der Waals surface area (Å²) in [5.41, 5.74) is 0.875. The number of sulfonamides is 1. The number of benzene rings is 2. The van der Waals surface area contributed by atoms with Crippen LogP contribution in [0.5, 0.6) is 5.75 Å². The molecule has 0 spiro atoms. The third-order valence-corrected chi connectivity index (χ3v) is 7.37. The molecule has 1 unspecified atom stereocenters. The molecule has 180 valence electrons. The summed E-state index contributed by atoms with van der Waals surface area (Å²) in [6, 6.07) is 13.1. The number of amides is 1. The van der Waals surface area contributed by atoms with Crippen LogP contribution in [-0.2, 0) is 26.2 Å². The number of carboxylic acid groups (broad SMARTS) is 1. The van der Waals surface area contributed by atoms with Crippen molar-refractivity contribution < 1.29 is 27.9 Å². The van der Waals surface area contributed by atoms with Crippen LogP contribution in [0.1, 0.15) is 17.7 Å². The van der Waals surface area contributed by atoms with Gasteiger partial charge < -0.3 is 14.7 Å². The normalized spacial score (nSPS) is 16.7. The molecule has 2 N–H and O–H groups in total. The number of hydrogen-bond donors (Lipinski definition) is 2. The molecule has 35 heavy (non-hydrogen) atoms. The number of carbonyl (C=O) groups is 2. The maximum atomic E-state index is 13.1. The Balaban J connectivity index is 1.55. The number of fused-ring (bicyclic) bond motifs is 1. The molecule has 2 heterocycles. The molecule has 10 nitrogen and oxygen atoms in total. The molecule has 0 bridgehead atoms. The number of methoxy groups -OCH3 is 1. The van der Waals surface area contributed by atoms with E-state index in [2.05, 4.69) is 9.71 Å². The molecule has 4 rings (SSSR count). The van der Waals surface area contributed by atoms with Crippen LogP contribution in [0.3, 0.4) is 0 Å². The van der Waals surface area contributed by atoms with Crippen molar-refractivity contribution in [1.82, 2.24) is 14.6 Å². The fraction of sp³-hybridized carbons (Fsp3) is 0.250. The number of ether oxygens (including phenoxy) is 1. The van der Waals surface area contributed by atoms with Crippen LogP contribution >= 0.6 is 0 Å². The number of carbonyl (C=O) groups excluding carboxylic acids is 1. The van der Waals surface area contributed by atoms with Crippen LogP contribution in [0.4, 0.5) is 0 Å². The summed E-state index contributed by atoms with van der Waals surface area (Å²) >= 11 is 0. The second kappa shape index (κ2) is 9.69. The zero-order valence-electron chi connectivity index (χ0n) is 18.7. The number of nitriles is 1. The zero-order valence-corrected chi connectivity index (χ0v) is 19.5. The Morgan fingerprint density at radius 2 is 2.03 bits per heavy atom. The molecule has 0 saturated carbocycles. The highest BCUT2D eigenvalue weighted by Crippen LogP contribution is 2.27. The highest BCUT2D eigenvalue weighted by Gasteiger charge is 2.42. The van der Waals surface area contributed by atoms with E-state index in [4.69, 9.17) is 10.00 Å². The third kappa shape index (κ3) is 5.08. The first-order valence-electron chi connectivity index (χ1n) is 10.7. The predicted molar refractivity (Wildman–Crippen MR) is 125 cm³/mol. The largest absolute Gasteiger partial charge is 0.497 e. The minimum atomic E-state index is -4.25. The number of carboxylic acids is 1. The van der Waals surface area contributed by atoms with Crippen molar-refractivity contribution >= 4 is 32.7 Å². The van der Waals surface area contributed by atoms with Crippen molar-refractivity contribution in [3.63, 3.8) is 0 Å². The van der Waals surface area contributed by atoms with Gasteiger partial charge >= 0.3 is 5.97 Å². The molecular formula is C24H22N4O6S. The lowest BCUT2D eigenvalue weighted by atomic mass is 9.99. The van der Waals surface area contributed by atoms with Crippen LogP contribution in [0.15, 0.2) is 59.6 Å². The number of hydrogen-bond acceptors (Lipinski definition) is 7. The van der Waals surface area contributed by atoms with E-state index in [0.717, 1.165) is 5.39 Å². The van der Waals surface area contributed by atoms with Gasteiger partial charge in [0.2, 0.25) is 15.9 Å². The van der Waals surface area contributed by atoms with E-state index in [9.17, 15) is 23.1 Å². The molecule has 0 radical (unpaired) electrons. The lowest BCUT2D eigenvalue weighted by molar-refractivity contribution is -0.144. The van der Waals surface area contributed by atoms with E-state index in [-0.39, 0.29) is 30.1 Å². The average molecular weight is 495 g/mol. The molecular weight excluding hydrogens is 472 g/mol. The quantitative estimate of drug-likeness (QED) is 0.482. The summed E-state index contributed by atoms with van der Waals surface area (Å²) < 4.78 is 33.6. The summed E-state index contributed by atoms with van der Waals surface area (Å²) in [7, 11) is -2.75.